The van der Waals surface area contributed by atoms with Crippen molar-refractivity contribution < 1.29 is 5.11 Å². The van der Waals surface area contributed by atoms with E-state index in [0.717, 1.165) is 24.6 Å². The van der Waals surface area contributed by atoms with Crippen LogP contribution in [0.2, 0.25) is 0 Å². The van der Waals surface area contributed by atoms with Crippen LogP contribution in [0.25, 0.3) is 0 Å². The molecule has 0 radical (unpaired) electrons. The average Bonchev–Trinajstić information content (AvgIpc) is 2.37. The van der Waals surface area contributed by atoms with Crippen molar-refractivity contribution in [2.75, 3.05) is 31.1 Å². The van der Waals surface area contributed by atoms with E-state index in [1.165, 1.54) is 0 Å². The van der Waals surface area contributed by atoms with Crippen LogP contribution in [0.1, 0.15) is 12.6 Å². The Kier molecular flexibility index (Phi) is 6.21. The molecule has 0 fully saturated rings. The second kappa shape index (κ2) is 7.76. The molecule has 2 N–H and O–H groups in total. The molecule has 0 unspecified atom stereocenters. The molecular weight excluding hydrogens is 216 g/mol. The van der Waals surface area contributed by atoms with E-state index in [9.17, 15) is 0 Å². The summed E-state index contributed by atoms with van der Waals surface area (Å²) in [4.78, 5) is 10.6. The summed E-state index contributed by atoms with van der Waals surface area (Å²) in [5.74, 6) is 0.763. The molecule has 0 bridgehead atoms. The van der Waals surface area contributed by atoms with E-state index in [2.05, 4.69) is 28.8 Å². The molecule has 0 saturated heterocycles. The highest BCUT2D eigenvalue weighted by atomic mass is 16.3. The van der Waals surface area contributed by atoms with Crippen LogP contribution in [0.5, 0.6) is 0 Å². The Hall–Kier alpha value is -1.46. The van der Waals surface area contributed by atoms with Gasteiger partial charge in [0.25, 0.3) is 0 Å². The van der Waals surface area contributed by atoms with Crippen molar-refractivity contribution in [3.05, 3.63) is 30.7 Å². The summed E-state index contributed by atoms with van der Waals surface area (Å²) in [5, 5.41) is 12.2. The molecule has 5 heteroatoms. The molecule has 1 rings (SSSR count). The molecule has 0 aliphatic heterocycles. The lowest BCUT2D eigenvalue weighted by Gasteiger charge is -2.20. The maximum Gasteiger partial charge on any atom is 0.147 e. The molecule has 0 atom stereocenters. The van der Waals surface area contributed by atoms with Crippen molar-refractivity contribution >= 4 is 5.82 Å². The first-order valence-corrected chi connectivity index (χ1v) is 5.80. The minimum Gasteiger partial charge on any atom is -0.395 e. The van der Waals surface area contributed by atoms with E-state index in [1.807, 2.05) is 4.90 Å². The summed E-state index contributed by atoms with van der Waals surface area (Å²) in [6, 6.07) is 0. The number of hydrogen-bond acceptors (Lipinski definition) is 5. The summed E-state index contributed by atoms with van der Waals surface area (Å²) in [6.07, 6.45) is 5.27. The third-order valence-electron chi connectivity index (χ3n) is 2.29. The highest BCUT2D eigenvalue weighted by Crippen LogP contribution is 2.08. The van der Waals surface area contributed by atoms with Crippen LogP contribution in [0.15, 0.2) is 25.0 Å². The molecule has 0 aliphatic rings. The SMILES string of the molecule is C=CCN(CCO)c1cnc(CNCC)cn1. The minimum absolute atomic E-state index is 0.0919. The van der Waals surface area contributed by atoms with Gasteiger partial charge in [0.1, 0.15) is 5.82 Å². The number of nitrogens with zero attached hydrogens (tertiary/aromatic N) is 3. The molecule has 0 spiro atoms. The van der Waals surface area contributed by atoms with E-state index >= 15 is 0 Å². The van der Waals surface area contributed by atoms with E-state index < -0.39 is 0 Å². The number of nitrogens with one attached hydrogen (secondary N) is 1. The lowest BCUT2D eigenvalue weighted by molar-refractivity contribution is 0.302. The van der Waals surface area contributed by atoms with Crippen LogP contribution >= 0.6 is 0 Å². The van der Waals surface area contributed by atoms with Gasteiger partial charge in [-0.15, -0.1) is 6.58 Å². The number of anilines is 1. The van der Waals surface area contributed by atoms with E-state index in [4.69, 9.17) is 5.11 Å². The quantitative estimate of drug-likeness (QED) is 0.646. The zero-order valence-corrected chi connectivity index (χ0v) is 10.3. The highest BCUT2D eigenvalue weighted by molar-refractivity contribution is 5.36. The maximum absolute atomic E-state index is 8.96. The van der Waals surface area contributed by atoms with Crippen LogP contribution in [0.3, 0.4) is 0 Å². The molecule has 94 valence electrons. The molecule has 1 aromatic rings. The normalized spacial score (nSPS) is 10.2. The van der Waals surface area contributed by atoms with Gasteiger partial charge in [-0.25, -0.2) is 4.98 Å². The molecule has 5 nitrogen and oxygen atoms in total. The van der Waals surface area contributed by atoms with Crippen LogP contribution < -0.4 is 10.2 Å². The first kappa shape index (κ1) is 13.6. The van der Waals surface area contributed by atoms with Gasteiger partial charge in [0.05, 0.1) is 24.7 Å². The Balaban J connectivity index is 2.66. The van der Waals surface area contributed by atoms with Crippen LogP contribution in [0.4, 0.5) is 5.82 Å². The van der Waals surface area contributed by atoms with Crippen molar-refractivity contribution in [3.63, 3.8) is 0 Å². The first-order valence-electron chi connectivity index (χ1n) is 5.80. The molecule has 0 aromatic carbocycles. The van der Waals surface area contributed by atoms with E-state index in [0.29, 0.717) is 13.1 Å². The van der Waals surface area contributed by atoms with Gasteiger partial charge in [0.2, 0.25) is 0 Å². The average molecular weight is 236 g/mol. The van der Waals surface area contributed by atoms with Gasteiger partial charge in [-0.05, 0) is 6.54 Å². The van der Waals surface area contributed by atoms with Gasteiger partial charge in [0.15, 0.2) is 0 Å². The van der Waals surface area contributed by atoms with Gasteiger partial charge < -0.3 is 15.3 Å². The Labute approximate surface area is 102 Å². The summed E-state index contributed by atoms with van der Waals surface area (Å²) >= 11 is 0. The number of hydrogen-bond donors (Lipinski definition) is 2. The van der Waals surface area contributed by atoms with Crippen LogP contribution in [0, 0.1) is 0 Å². The van der Waals surface area contributed by atoms with E-state index in [1.54, 1.807) is 18.5 Å². The molecule has 0 amide bonds. The highest BCUT2D eigenvalue weighted by Gasteiger charge is 2.05. The van der Waals surface area contributed by atoms with Crippen molar-refractivity contribution in [2.24, 2.45) is 0 Å². The van der Waals surface area contributed by atoms with Gasteiger partial charge in [0, 0.05) is 19.6 Å². The van der Waals surface area contributed by atoms with Crippen LogP contribution in [-0.2, 0) is 6.54 Å². The summed E-state index contributed by atoms with van der Waals surface area (Å²) in [7, 11) is 0. The van der Waals surface area contributed by atoms with E-state index in [-0.39, 0.29) is 6.61 Å². The smallest absolute Gasteiger partial charge is 0.147 e. The Bertz CT molecular complexity index is 326. The summed E-state index contributed by atoms with van der Waals surface area (Å²) in [5.41, 5.74) is 0.915. The van der Waals surface area contributed by atoms with Crippen molar-refractivity contribution in [3.8, 4) is 0 Å². The lowest BCUT2D eigenvalue weighted by atomic mass is 10.4. The monoisotopic (exact) mass is 236 g/mol. The molecule has 0 aliphatic carbocycles. The topological polar surface area (TPSA) is 61.3 Å². The van der Waals surface area contributed by atoms with Gasteiger partial charge in [-0.1, -0.05) is 13.0 Å². The number of aromatic nitrogens is 2. The van der Waals surface area contributed by atoms with Crippen molar-refractivity contribution in [2.45, 2.75) is 13.5 Å². The largest absolute Gasteiger partial charge is 0.395 e. The zero-order valence-electron chi connectivity index (χ0n) is 10.3. The third kappa shape index (κ3) is 4.50. The van der Waals surface area contributed by atoms with Crippen molar-refractivity contribution in [1.82, 2.24) is 15.3 Å². The second-order valence-corrected chi connectivity index (χ2v) is 3.60. The molecule has 0 saturated carbocycles. The van der Waals surface area contributed by atoms with Gasteiger partial charge in [-0.2, -0.15) is 0 Å². The lowest BCUT2D eigenvalue weighted by Crippen LogP contribution is -2.27. The Morgan fingerprint density at radius 2 is 2.29 bits per heavy atom. The molecular formula is C12H20N4O. The Morgan fingerprint density at radius 3 is 2.82 bits per heavy atom. The first-order chi connectivity index (χ1) is 8.31. The van der Waals surface area contributed by atoms with Crippen molar-refractivity contribution in [1.29, 1.82) is 0 Å². The Morgan fingerprint density at radius 1 is 1.47 bits per heavy atom. The van der Waals surface area contributed by atoms with Crippen LogP contribution in [-0.4, -0.2) is 41.3 Å². The maximum atomic E-state index is 8.96. The third-order valence-corrected chi connectivity index (χ3v) is 2.29. The molecule has 17 heavy (non-hydrogen) atoms. The number of aliphatic hydroxyl groups excluding tert-OH is 1. The molecule has 1 heterocycles. The van der Waals surface area contributed by atoms with Gasteiger partial charge in [-0.3, -0.25) is 4.98 Å². The minimum atomic E-state index is 0.0919. The zero-order chi connectivity index (χ0) is 12.5. The standard InChI is InChI=1S/C12H20N4O/c1-3-5-16(6-7-17)12-10-14-11(9-15-12)8-13-4-2/h3,9-10,13,17H,1,4-8H2,2H3. The summed E-state index contributed by atoms with van der Waals surface area (Å²) < 4.78 is 0. The second-order valence-electron chi connectivity index (χ2n) is 3.60. The predicted molar refractivity (Wildman–Crippen MR) is 68.9 cm³/mol. The predicted octanol–water partition coefficient (Wildman–Crippen LogP) is 0.571. The fraction of sp³-hybridized carbons (Fsp3) is 0.500. The number of aliphatic hydroxyl groups is 1. The molecule has 1 aromatic heterocycles. The summed E-state index contributed by atoms with van der Waals surface area (Å²) in [6.45, 7) is 8.66. The fourth-order valence-corrected chi connectivity index (χ4v) is 1.43. The fourth-order valence-electron chi connectivity index (χ4n) is 1.43. The van der Waals surface area contributed by atoms with Gasteiger partial charge >= 0.3 is 0 Å². The number of rotatable bonds is 8.